The summed E-state index contributed by atoms with van der Waals surface area (Å²) in [6.45, 7) is 0. The number of nitrogens with two attached hydrogens (primary N) is 1. The van der Waals surface area contributed by atoms with Gasteiger partial charge in [0.05, 0.1) is 0 Å². The Bertz CT molecular complexity index is 522. The molecule has 1 aliphatic heterocycles. The minimum Gasteiger partial charge on any atom is -0.448 e. The van der Waals surface area contributed by atoms with Gasteiger partial charge in [-0.3, -0.25) is 0 Å². The summed E-state index contributed by atoms with van der Waals surface area (Å²) in [5.41, 5.74) is 7.54. The zero-order chi connectivity index (χ0) is 14.3. The van der Waals surface area contributed by atoms with E-state index in [9.17, 15) is 0 Å². The minimum absolute atomic E-state index is 0.358. The van der Waals surface area contributed by atoms with Crippen molar-refractivity contribution in [1.82, 2.24) is 0 Å². The highest BCUT2D eigenvalue weighted by Crippen LogP contribution is 2.46. The summed E-state index contributed by atoms with van der Waals surface area (Å²) in [6.07, 6.45) is 10.5. The van der Waals surface area contributed by atoms with Crippen molar-refractivity contribution in [3.63, 3.8) is 0 Å². The van der Waals surface area contributed by atoms with Crippen molar-refractivity contribution in [2.24, 2.45) is 11.7 Å². The lowest BCUT2D eigenvalue weighted by molar-refractivity contribution is -0.105. The molecule has 114 valence electrons. The SMILES string of the molecule is N[C@H]1CCC[C@H]1Cc1ccc2c(c1)OC1(CCCCC1)O2. The predicted molar refractivity (Wildman–Crippen MR) is 82.5 cm³/mol. The fourth-order valence-corrected chi connectivity index (χ4v) is 4.18. The number of benzene rings is 1. The molecule has 0 aromatic heterocycles. The van der Waals surface area contributed by atoms with Crippen molar-refractivity contribution in [1.29, 1.82) is 0 Å². The lowest BCUT2D eigenvalue weighted by Gasteiger charge is -2.31. The van der Waals surface area contributed by atoms with Gasteiger partial charge in [-0.25, -0.2) is 0 Å². The molecule has 1 heterocycles. The molecule has 0 bridgehead atoms. The molecule has 4 rings (SSSR count). The average Bonchev–Trinajstić information content (AvgIpc) is 3.03. The van der Waals surface area contributed by atoms with Crippen LogP contribution in [-0.4, -0.2) is 11.8 Å². The van der Waals surface area contributed by atoms with Gasteiger partial charge in [-0.1, -0.05) is 18.9 Å². The first kappa shape index (κ1) is 13.4. The molecule has 0 amide bonds. The molecule has 3 nitrogen and oxygen atoms in total. The molecule has 21 heavy (non-hydrogen) atoms. The molecule has 2 N–H and O–H groups in total. The van der Waals surface area contributed by atoms with Crippen molar-refractivity contribution >= 4 is 0 Å². The van der Waals surface area contributed by atoms with E-state index in [4.69, 9.17) is 15.2 Å². The van der Waals surface area contributed by atoms with E-state index in [1.54, 1.807) is 0 Å². The second kappa shape index (κ2) is 5.20. The topological polar surface area (TPSA) is 44.5 Å². The highest BCUT2D eigenvalue weighted by atomic mass is 16.7. The van der Waals surface area contributed by atoms with Crippen LogP contribution in [0, 0.1) is 5.92 Å². The quantitative estimate of drug-likeness (QED) is 0.900. The fourth-order valence-electron chi connectivity index (χ4n) is 4.18. The van der Waals surface area contributed by atoms with Crippen molar-refractivity contribution in [3.05, 3.63) is 23.8 Å². The summed E-state index contributed by atoms with van der Waals surface area (Å²) in [4.78, 5) is 0. The zero-order valence-corrected chi connectivity index (χ0v) is 12.6. The Morgan fingerprint density at radius 3 is 2.57 bits per heavy atom. The van der Waals surface area contributed by atoms with E-state index in [-0.39, 0.29) is 5.79 Å². The molecule has 2 saturated carbocycles. The molecule has 1 spiro atoms. The normalized spacial score (nSPS) is 30.0. The molecule has 2 aliphatic carbocycles. The van der Waals surface area contributed by atoms with Gasteiger partial charge < -0.3 is 15.2 Å². The average molecular weight is 287 g/mol. The van der Waals surface area contributed by atoms with Crippen molar-refractivity contribution < 1.29 is 9.47 Å². The van der Waals surface area contributed by atoms with Crippen LogP contribution in [0.2, 0.25) is 0 Å². The number of fused-ring (bicyclic) bond motifs is 1. The molecule has 0 unspecified atom stereocenters. The molecule has 3 aliphatic rings. The Kier molecular flexibility index (Phi) is 3.33. The summed E-state index contributed by atoms with van der Waals surface area (Å²) in [6, 6.07) is 6.84. The van der Waals surface area contributed by atoms with Crippen molar-refractivity contribution in [3.8, 4) is 11.5 Å². The van der Waals surface area contributed by atoms with Crippen LogP contribution in [0.3, 0.4) is 0 Å². The summed E-state index contributed by atoms with van der Waals surface area (Å²) in [5, 5.41) is 0. The van der Waals surface area contributed by atoms with Crippen LogP contribution in [0.1, 0.15) is 56.9 Å². The monoisotopic (exact) mass is 287 g/mol. The Morgan fingerprint density at radius 2 is 1.81 bits per heavy atom. The molecule has 1 aromatic carbocycles. The number of rotatable bonds is 2. The lowest BCUT2D eigenvalue weighted by atomic mass is 9.94. The second-order valence-corrected chi connectivity index (χ2v) is 7.02. The van der Waals surface area contributed by atoms with Gasteiger partial charge in [0.25, 0.3) is 5.79 Å². The van der Waals surface area contributed by atoms with Crippen LogP contribution in [0.15, 0.2) is 18.2 Å². The van der Waals surface area contributed by atoms with Gasteiger partial charge >= 0.3 is 0 Å². The molecular weight excluding hydrogens is 262 g/mol. The van der Waals surface area contributed by atoms with E-state index in [2.05, 4.69) is 18.2 Å². The number of hydrogen-bond donors (Lipinski definition) is 1. The maximum absolute atomic E-state index is 6.21. The summed E-state index contributed by atoms with van der Waals surface area (Å²) < 4.78 is 12.3. The number of ether oxygens (including phenoxy) is 2. The third-order valence-electron chi connectivity index (χ3n) is 5.43. The standard InChI is InChI=1S/C18H25NO2/c19-15-6-4-5-14(15)11-13-7-8-16-17(12-13)21-18(20-16)9-2-1-3-10-18/h7-8,12,14-15H,1-6,9-11,19H2/t14-,15-/m0/s1. The summed E-state index contributed by atoms with van der Waals surface area (Å²) >= 11 is 0. The zero-order valence-electron chi connectivity index (χ0n) is 12.6. The first-order chi connectivity index (χ1) is 10.2. The van der Waals surface area contributed by atoms with E-state index in [0.29, 0.717) is 12.0 Å². The van der Waals surface area contributed by atoms with Crippen molar-refractivity contribution in [2.45, 2.75) is 69.6 Å². The predicted octanol–water partition coefficient (Wildman–Crippen LogP) is 3.79. The van der Waals surface area contributed by atoms with Gasteiger partial charge in [-0.2, -0.15) is 0 Å². The van der Waals surface area contributed by atoms with Crippen LogP contribution in [-0.2, 0) is 6.42 Å². The van der Waals surface area contributed by atoms with Crippen LogP contribution < -0.4 is 15.2 Å². The second-order valence-electron chi connectivity index (χ2n) is 7.02. The Balaban J connectivity index is 1.50. The maximum atomic E-state index is 6.21. The molecule has 3 heteroatoms. The van der Waals surface area contributed by atoms with Crippen LogP contribution in [0.5, 0.6) is 11.5 Å². The molecule has 0 radical (unpaired) electrons. The van der Waals surface area contributed by atoms with Crippen LogP contribution >= 0.6 is 0 Å². The van der Waals surface area contributed by atoms with E-state index in [1.807, 2.05) is 0 Å². The molecule has 0 saturated heterocycles. The Morgan fingerprint density at radius 1 is 1.00 bits per heavy atom. The first-order valence-electron chi connectivity index (χ1n) is 8.51. The van der Waals surface area contributed by atoms with Gasteiger partial charge in [0, 0.05) is 18.9 Å². The van der Waals surface area contributed by atoms with Crippen molar-refractivity contribution in [2.75, 3.05) is 0 Å². The fraction of sp³-hybridized carbons (Fsp3) is 0.667. The van der Waals surface area contributed by atoms with Gasteiger partial charge in [-0.05, 0) is 55.7 Å². The third-order valence-corrected chi connectivity index (χ3v) is 5.43. The van der Waals surface area contributed by atoms with E-state index in [1.165, 1.54) is 44.1 Å². The van der Waals surface area contributed by atoms with E-state index < -0.39 is 0 Å². The number of hydrogen-bond acceptors (Lipinski definition) is 3. The van der Waals surface area contributed by atoms with Gasteiger partial charge in [0.1, 0.15) is 0 Å². The van der Waals surface area contributed by atoms with Crippen LogP contribution in [0.25, 0.3) is 0 Å². The summed E-state index contributed by atoms with van der Waals surface area (Å²) in [5.74, 6) is 2.15. The van der Waals surface area contributed by atoms with Crippen LogP contribution in [0.4, 0.5) is 0 Å². The smallest absolute Gasteiger partial charge is 0.251 e. The van der Waals surface area contributed by atoms with E-state index >= 15 is 0 Å². The Hall–Kier alpha value is -1.22. The molecule has 2 fully saturated rings. The summed E-state index contributed by atoms with van der Waals surface area (Å²) in [7, 11) is 0. The molecular formula is C18H25NO2. The lowest BCUT2D eigenvalue weighted by Crippen LogP contribution is -2.40. The third kappa shape index (κ3) is 2.52. The first-order valence-corrected chi connectivity index (χ1v) is 8.51. The Labute approximate surface area is 126 Å². The molecule has 2 atom stereocenters. The van der Waals surface area contributed by atoms with Gasteiger partial charge in [0.15, 0.2) is 11.5 Å². The van der Waals surface area contributed by atoms with Gasteiger partial charge in [-0.15, -0.1) is 0 Å². The minimum atomic E-state index is -0.358. The largest absolute Gasteiger partial charge is 0.448 e. The highest BCUT2D eigenvalue weighted by molar-refractivity contribution is 5.46. The molecule has 1 aromatic rings. The highest BCUT2D eigenvalue weighted by Gasteiger charge is 2.42. The van der Waals surface area contributed by atoms with E-state index in [0.717, 1.165) is 30.8 Å². The van der Waals surface area contributed by atoms with Gasteiger partial charge in [0.2, 0.25) is 0 Å². The maximum Gasteiger partial charge on any atom is 0.251 e.